The minimum absolute atomic E-state index is 0.173. The highest BCUT2D eigenvalue weighted by Gasteiger charge is 2.53. The summed E-state index contributed by atoms with van der Waals surface area (Å²) < 4.78 is 0. The van der Waals surface area contributed by atoms with Crippen LogP contribution in [-0.4, -0.2) is 17.6 Å². The van der Waals surface area contributed by atoms with Crippen LogP contribution in [0.25, 0.3) is 0 Å². The Hall–Kier alpha value is -2.13. The van der Waals surface area contributed by atoms with Crippen molar-refractivity contribution in [1.29, 1.82) is 0 Å². The first-order chi connectivity index (χ1) is 11.6. The Morgan fingerprint density at radius 3 is 2.04 bits per heavy atom. The predicted molar refractivity (Wildman–Crippen MR) is 95.6 cm³/mol. The van der Waals surface area contributed by atoms with Crippen LogP contribution in [0.4, 0.5) is 0 Å². The molecule has 0 aliphatic heterocycles. The van der Waals surface area contributed by atoms with E-state index >= 15 is 0 Å². The lowest BCUT2D eigenvalue weighted by Gasteiger charge is -2.55. The third-order valence-electron chi connectivity index (χ3n) is 5.57. The van der Waals surface area contributed by atoms with Gasteiger partial charge in [0.05, 0.1) is 6.42 Å². The number of hydrogen-bond acceptors (Lipinski definition) is 2. The zero-order valence-corrected chi connectivity index (χ0v) is 13.9. The third kappa shape index (κ3) is 3.51. The van der Waals surface area contributed by atoms with E-state index in [1.807, 2.05) is 24.3 Å². The number of carbonyl (C=O) groups is 1. The van der Waals surface area contributed by atoms with E-state index in [1.165, 1.54) is 11.1 Å². The molecule has 0 radical (unpaired) electrons. The molecule has 1 fully saturated rings. The van der Waals surface area contributed by atoms with Crippen LogP contribution in [0.1, 0.15) is 24.0 Å². The second-order valence-electron chi connectivity index (χ2n) is 7.09. The Morgan fingerprint density at radius 1 is 1.00 bits per heavy atom. The van der Waals surface area contributed by atoms with Gasteiger partial charge >= 0.3 is 5.97 Å². The molecule has 0 bridgehead atoms. The van der Waals surface area contributed by atoms with E-state index in [0.717, 1.165) is 19.3 Å². The van der Waals surface area contributed by atoms with Gasteiger partial charge in [-0.1, -0.05) is 60.7 Å². The summed E-state index contributed by atoms with van der Waals surface area (Å²) >= 11 is 0. The largest absolute Gasteiger partial charge is 0.481 e. The minimum atomic E-state index is -0.739. The molecule has 0 amide bonds. The maximum absolute atomic E-state index is 11.4. The van der Waals surface area contributed by atoms with Crippen molar-refractivity contribution >= 4 is 5.97 Å². The summed E-state index contributed by atoms with van der Waals surface area (Å²) in [6, 6.07) is 20.8. The van der Waals surface area contributed by atoms with E-state index in [2.05, 4.69) is 36.4 Å². The van der Waals surface area contributed by atoms with Gasteiger partial charge in [0, 0.05) is 0 Å². The van der Waals surface area contributed by atoms with Crippen LogP contribution in [-0.2, 0) is 17.6 Å². The molecule has 3 rings (SSSR count). The molecule has 0 heterocycles. The fraction of sp³-hybridized carbons (Fsp3) is 0.381. The van der Waals surface area contributed by atoms with Crippen LogP contribution in [0.5, 0.6) is 0 Å². The normalized spacial score (nSPS) is 25.9. The highest BCUT2D eigenvalue weighted by atomic mass is 16.4. The van der Waals surface area contributed by atoms with Gasteiger partial charge in [0.2, 0.25) is 0 Å². The number of carboxylic acid groups (broad SMARTS) is 1. The standard InChI is InChI=1S/C21H25NO2/c22-15-21(14-20(23)24)13-18(11-16-7-3-1-4-8-16)19(21)12-17-9-5-2-6-10-17/h1-10,18-19H,11-15,22H2,(H,23,24)/t18-,19-,21?/m0/s1. The summed E-state index contributed by atoms with van der Waals surface area (Å²) in [6.07, 6.45) is 2.98. The van der Waals surface area contributed by atoms with Crippen LogP contribution in [0.15, 0.2) is 60.7 Å². The molecule has 0 spiro atoms. The molecular formula is C21H25NO2. The van der Waals surface area contributed by atoms with Gasteiger partial charge < -0.3 is 10.8 Å². The first kappa shape index (κ1) is 16.7. The predicted octanol–water partition coefficient (Wildman–Crippen LogP) is 3.53. The van der Waals surface area contributed by atoms with E-state index < -0.39 is 5.97 Å². The van der Waals surface area contributed by atoms with Crippen molar-refractivity contribution in [2.24, 2.45) is 23.0 Å². The molecule has 0 saturated heterocycles. The molecule has 3 N–H and O–H groups in total. The highest BCUT2D eigenvalue weighted by molar-refractivity contribution is 5.68. The average Bonchev–Trinajstić information content (AvgIpc) is 2.60. The third-order valence-corrected chi connectivity index (χ3v) is 5.57. The number of nitrogens with two attached hydrogens (primary N) is 1. The molecule has 1 unspecified atom stereocenters. The van der Waals surface area contributed by atoms with Gasteiger partial charge in [0.1, 0.15) is 0 Å². The lowest BCUT2D eigenvalue weighted by molar-refractivity contribution is -0.146. The molecule has 2 aromatic carbocycles. The fourth-order valence-corrected chi connectivity index (χ4v) is 4.35. The molecule has 3 nitrogen and oxygen atoms in total. The number of aliphatic carboxylic acids is 1. The van der Waals surface area contributed by atoms with Crippen molar-refractivity contribution in [2.45, 2.75) is 25.7 Å². The number of hydrogen-bond donors (Lipinski definition) is 2. The number of benzene rings is 2. The van der Waals surface area contributed by atoms with Gasteiger partial charge in [-0.3, -0.25) is 4.79 Å². The van der Waals surface area contributed by atoms with Gasteiger partial charge in [-0.15, -0.1) is 0 Å². The van der Waals surface area contributed by atoms with Crippen molar-refractivity contribution in [3.05, 3.63) is 71.8 Å². The van der Waals surface area contributed by atoms with E-state index in [9.17, 15) is 9.90 Å². The molecule has 1 saturated carbocycles. The van der Waals surface area contributed by atoms with Gasteiger partial charge in [-0.05, 0) is 54.2 Å². The van der Waals surface area contributed by atoms with Crippen molar-refractivity contribution < 1.29 is 9.90 Å². The molecule has 2 aromatic rings. The Balaban J connectivity index is 1.80. The topological polar surface area (TPSA) is 63.3 Å². The van der Waals surface area contributed by atoms with Gasteiger partial charge in [-0.25, -0.2) is 0 Å². The quantitative estimate of drug-likeness (QED) is 0.819. The average molecular weight is 323 g/mol. The summed E-state index contributed by atoms with van der Waals surface area (Å²) in [5.41, 5.74) is 8.38. The summed E-state index contributed by atoms with van der Waals surface area (Å²) in [4.78, 5) is 11.4. The SMILES string of the molecule is NCC1(CC(=O)O)C[C@H](Cc2ccccc2)[C@@H]1Cc1ccccc1. The van der Waals surface area contributed by atoms with E-state index in [1.54, 1.807) is 0 Å². The molecule has 24 heavy (non-hydrogen) atoms. The lowest BCUT2D eigenvalue weighted by Crippen LogP contribution is -2.55. The highest BCUT2D eigenvalue weighted by Crippen LogP contribution is 2.55. The van der Waals surface area contributed by atoms with Gasteiger partial charge in [0.15, 0.2) is 0 Å². The smallest absolute Gasteiger partial charge is 0.303 e. The zero-order chi connectivity index (χ0) is 17.0. The Kier molecular flexibility index (Phi) is 5.00. The van der Waals surface area contributed by atoms with Crippen molar-refractivity contribution in [1.82, 2.24) is 0 Å². The lowest BCUT2D eigenvalue weighted by atomic mass is 9.49. The summed E-state index contributed by atoms with van der Waals surface area (Å²) in [5, 5.41) is 9.35. The van der Waals surface area contributed by atoms with Crippen LogP contribution in [0.3, 0.4) is 0 Å². The molecular weight excluding hydrogens is 298 g/mol. The Labute approximate surface area is 143 Å². The second kappa shape index (κ2) is 7.18. The number of carboxylic acids is 1. The van der Waals surface area contributed by atoms with Crippen LogP contribution in [0, 0.1) is 17.3 Å². The van der Waals surface area contributed by atoms with Crippen molar-refractivity contribution in [3.8, 4) is 0 Å². The maximum atomic E-state index is 11.4. The molecule has 1 aliphatic carbocycles. The summed E-state index contributed by atoms with van der Waals surface area (Å²) in [7, 11) is 0. The zero-order valence-electron chi connectivity index (χ0n) is 13.9. The summed E-state index contributed by atoms with van der Waals surface area (Å²) in [5.74, 6) is 0.0772. The minimum Gasteiger partial charge on any atom is -0.481 e. The van der Waals surface area contributed by atoms with E-state index in [0.29, 0.717) is 18.4 Å². The van der Waals surface area contributed by atoms with E-state index in [4.69, 9.17) is 5.73 Å². The molecule has 3 atom stereocenters. The van der Waals surface area contributed by atoms with Crippen LogP contribution >= 0.6 is 0 Å². The molecule has 1 aliphatic rings. The Morgan fingerprint density at radius 2 is 1.54 bits per heavy atom. The first-order valence-corrected chi connectivity index (χ1v) is 8.63. The van der Waals surface area contributed by atoms with Crippen LogP contribution in [0.2, 0.25) is 0 Å². The Bertz CT molecular complexity index is 671. The second-order valence-corrected chi connectivity index (χ2v) is 7.09. The van der Waals surface area contributed by atoms with Crippen LogP contribution < -0.4 is 5.73 Å². The van der Waals surface area contributed by atoms with Gasteiger partial charge in [0.25, 0.3) is 0 Å². The molecule has 0 aromatic heterocycles. The monoisotopic (exact) mass is 323 g/mol. The molecule has 126 valence electrons. The van der Waals surface area contributed by atoms with Crippen molar-refractivity contribution in [3.63, 3.8) is 0 Å². The van der Waals surface area contributed by atoms with E-state index in [-0.39, 0.29) is 11.8 Å². The number of rotatable bonds is 7. The maximum Gasteiger partial charge on any atom is 0.303 e. The van der Waals surface area contributed by atoms with Gasteiger partial charge in [-0.2, -0.15) is 0 Å². The fourth-order valence-electron chi connectivity index (χ4n) is 4.35. The molecule has 3 heteroatoms. The summed E-state index contributed by atoms with van der Waals surface area (Å²) in [6.45, 7) is 0.447. The first-order valence-electron chi connectivity index (χ1n) is 8.63. The van der Waals surface area contributed by atoms with Crippen molar-refractivity contribution in [2.75, 3.05) is 6.54 Å².